The van der Waals surface area contributed by atoms with Gasteiger partial charge < -0.3 is 10.8 Å². The molecule has 2 aromatic heterocycles. The predicted molar refractivity (Wildman–Crippen MR) is 52.7 cm³/mol. The summed E-state index contributed by atoms with van der Waals surface area (Å²) in [7, 11) is 0. The van der Waals surface area contributed by atoms with Gasteiger partial charge in [-0.3, -0.25) is 0 Å². The van der Waals surface area contributed by atoms with Crippen molar-refractivity contribution in [3.8, 4) is 5.82 Å². The van der Waals surface area contributed by atoms with Crippen LogP contribution < -0.4 is 5.73 Å². The first kappa shape index (κ1) is 9.20. The third-order valence-electron chi connectivity index (χ3n) is 1.90. The number of aromatic carboxylic acids is 1. The Labute approximate surface area is 85.0 Å². The van der Waals surface area contributed by atoms with E-state index in [4.69, 9.17) is 10.8 Å². The van der Waals surface area contributed by atoms with Gasteiger partial charge in [0.15, 0.2) is 5.82 Å². The fourth-order valence-corrected chi connectivity index (χ4v) is 1.18. The lowest BCUT2D eigenvalue weighted by Gasteiger charge is -2.01. The number of hydrogen-bond acceptors (Lipinski definition) is 4. The second-order valence-corrected chi connectivity index (χ2v) is 2.85. The van der Waals surface area contributed by atoms with Gasteiger partial charge in [0.25, 0.3) is 0 Å². The van der Waals surface area contributed by atoms with Crippen molar-refractivity contribution in [2.75, 3.05) is 5.73 Å². The maximum absolute atomic E-state index is 10.7. The summed E-state index contributed by atoms with van der Waals surface area (Å²) >= 11 is 0. The summed E-state index contributed by atoms with van der Waals surface area (Å²) in [6, 6.07) is 5.21. The van der Waals surface area contributed by atoms with Crippen LogP contribution in [0.5, 0.6) is 0 Å². The number of hydrogen-bond donors (Lipinski definition) is 2. The summed E-state index contributed by atoms with van der Waals surface area (Å²) in [5, 5.41) is 12.6. The Balaban J connectivity index is 2.52. The molecule has 6 nitrogen and oxygen atoms in total. The first-order valence-electron chi connectivity index (χ1n) is 4.18. The Morgan fingerprint density at radius 2 is 2.27 bits per heavy atom. The van der Waals surface area contributed by atoms with Crippen molar-refractivity contribution >= 4 is 11.8 Å². The van der Waals surface area contributed by atoms with Crippen molar-refractivity contribution in [1.29, 1.82) is 0 Å². The van der Waals surface area contributed by atoms with Gasteiger partial charge in [-0.25, -0.2) is 9.78 Å². The lowest BCUT2D eigenvalue weighted by atomic mass is 10.3. The molecule has 0 aliphatic heterocycles. The summed E-state index contributed by atoms with van der Waals surface area (Å²) in [4.78, 5) is 14.7. The molecule has 2 aromatic rings. The number of aromatic nitrogens is 3. The molecule has 0 unspecified atom stereocenters. The zero-order valence-electron chi connectivity index (χ0n) is 7.66. The molecule has 0 saturated carbocycles. The summed E-state index contributed by atoms with van der Waals surface area (Å²) in [5.41, 5.74) is 5.59. The van der Waals surface area contributed by atoms with E-state index in [1.165, 1.54) is 10.9 Å². The molecule has 0 amide bonds. The van der Waals surface area contributed by atoms with Gasteiger partial charge in [0, 0.05) is 6.20 Å². The minimum Gasteiger partial charge on any atom is -0.477 e. The Kier molecular flexibility index (Phi) is 2.09. The molecule has 0 aromatic carbocycles. The van der Waals surface area contributed by atoms with Gasteiger partial charge in [-0.2, -0.15) is 9.78 Å². The quantitative estimate of drug-likeness (QED) is 0.744. The Hall–Kier alpha value is -2.37. The minimum atomic E-state index is -1.10. The van der Waals surface area contributed by atoms with Crippen LogP contribution >= 0.6 is 0 Å². The number of pyridine rings is 1. The van der Waals surface area contributed by atoms with Gasteiger partial charge in [-0.1, -0.05) is 6.07 Å². The highest BCUT2D eigenvalue weighted by atomic mass is 16.4. The van der Waals surface area contributed by atoms with Crippen LogP contribution in [0, 0.1) is 0 Å². The van der Waals surface area contributed by atoms with Crippen molar-refractivity contribution in [1.82, 2.24) is 14.8 Å². The van der Waals surface area contributed by atoms with E-state index in [9.17, 15) is 4.79 Å². The average Bonchev–Trinajstić information content (AvgIpc) is 2.61. The number of nitrogens with two attached hydrogens (primary N) is 1. The highest BCUT2D eigenvalue weighted by molar-refractivity contribution is 5.92. The molecule has 0 aliphatic carbocycles. The van der Waals surface area contributed by atoms with Crippen molar-refractivity contribution < 1.29 is 9.90 Å². The summed E-state index contributed by atoms with van der Waals surface area (Å²) in [5.74, 6) is -0.543. The highest BCUT2D eigenvalue weighted by Crippen LogP contribution is 2.14. The van der Waals surface area contributed by atoms with Crippen LogP contribution in [0.15, 0.2) is 30.6 Å². The van der Waals surface area contributed by atoms with Crippen molar-refractivity contribution in [2.45, 2.75) is 0 Å². The number of rotatable bonds is 2. The van der Waals surface area contributed by atoms with E-state index in [0.717, 1.165) is 0 Å². The zero-order valence-corrected chi connectivity index (χ0v) is 7.66. The monoisotopic (exact) mass is 204 g/mol. The third kappa shape index (κ3) is 1.52. The Morgan fingerprint density at radius 1 is 1.47 bits per heavy atom. The van der Waals surface area contributed by atoms with Crippen molar-refractivity contribution in [3.05, 3.63) is 36.2 Å². The molecule has 0 radical (unpaired) electrons. The van der Waals surface area contributed by atoms with Crippen LogP contribution in [-0.4, -0.2) is 25.8 Å². The molecular formula is C9H8N4O2. The van der Waals surface area contributed by atoms with Gasteiger partial charge in [-0.15, -0.1) is 0 Å². The molecule has 3 N–H and O–H groups in total. The average molecular weight is 204 g/mol. The molecule has 0 aliphatic rings. The van der Waals surface area contributed by atoms with Crippen molar-refractivity contribution in [3.63, 3.8) is 0 Å². The van der Waals surface area contributed by atoms with Crippen LogP contribution in [0.4, 0.5) is 5.82 Å². The SMILES string of the molecule is Nc1c(C(=O)O)cnn1-c1ccccn1. The molecule has 76 valence electrons. The maximum atomic E-state index is 10.7. The fraction of sp³-hybridized carbons (Fsp3) is 0. The lowest BCUT2D eigenvalue weighted by Crippen LogP contribution is -2.06. The molecule has 15 heavy (non-hydrogen) atoms. The molecule has 0 atom stereocenters. The largest absolute Gasteiger partial charge is 0.477 e. The molecule has 2 rings (SSSR count). The van der Waals surface area contributed by atoms with Gasteiger partial charge in [-0.05, 0) is 12.1 Å². The molecule has 0 fully saturated rings. The Morgan fingerprint density at radius 3 is 2.80 bits per heavy atom. The predicted octanol–water partition coefficient (Wildman–Crippen LogP) is 0.548. The second-order valence-electron chi connectivity index (χ2n) is 2.85. The normalized spacial score (nSPS) is 10.1. The third-order valence-corrected chi connectivity index (χ3v) is 1.90. The number of nitrogen functional groups attached to an aromatic ring is 1. The minimum absolute atomic E-state index is 0.0272. The van der Waals surface area contributed by atoms with Crippen LogP contribution in [0.3, 0.4) is 0 Å². The number of carboxylic acids is 1. The summed E-state index contributed by atoms with van der Waals surface area (Å²) in [6.45, 7) is 0. The van der Waals surface area contributed by atoms with Crippen LogP contribution in [0.2, 0.25) is 0 Å². The van der Waals surface area contributed by atoms with Gasteiger partial charge in [0.2, 0.25) is 0 Å². The molecule has 0 spiro atoms. The molecular weight excluding hydrogens is 196 g/mol. The molecule has 2 heterocycles. The van der Waals surface area contributed by atoms with Crippen molar-refractivity contribution in [2.24, 2.45) is 0 Å². The fourth-order valence-electron chi connectivity index (χ4n) is 1.18. The van der Waals surface area contributed by atoms with E-state index in [1.54, 1.807) is 24.4 Å². The number of carbonyl (C=O) groups is 1. The van der Waals surface area contributed by atoms with Gasteiger partial charge >= 0.3 is 5.97 Å². The smallest absolute Gasteiger partial charge is 0.341 e. The van der Waals surface area contributed by atoms with E-state index in [0.29, 0.717) is 5.82 Å². The number of anilines is 1. The summed E-state index contributed by atoms with van der Waals surface area (Å²) < 4.78 is 1.28. The van der Waals surface area contributed by atoms with E-state index in [1.807, 2.05) is 0 Å². The molecule has 6 heteroatoms. The first-order valence-corrected chi connectivity index (χ1v) is 4.18. The van der Waals surface area contributed by atoms with Gasteiger partial charge in [0.05, 0.1) is 6.20 Å². The van der Waals surface area contributed by atoms with E-state index >= 15 is 0 Å². The molecule has 0 bridgehead atoms. The topological polar surface area (TPSA) is 94.0 Å². The van der Waals surface area contributed by atoms with Crippen LogP contribution in [0.25, 0.3) is 5.82 Å². The lowest BCUT2D eigenvalue weighted by molar-refractivity contribution is 0.0698. The standard InChI is InChI=1S/C9H8N4O2/c10-8-6(9(14)15)5-12-13(8)7-3-1-2-4-11-7/h1-5H,10H2,(H,14,15). The van der Waals surface area contributed by atoms with Crippen LogP contribution in [0.1, 0.15) is 10.4 Å². The second kappa shape index (κ2) is 3.41. The maximum Gasteiger partial charge on any atom is 0.341 e. The Bertz CT molecular complexity index is 492. The zero-order chi connectivity index (χ0) is 10.8. The van der Waals surface area contributed by atoms with E-state index < -0.39 is 5.97 Å². The number of nitrogens with zero attached hydrogens (tertiary/aromatic N) is 3. The van der Waals surface area contributed by atoms with E-state index in [2.05, 4.69) is 10.1 Å². The number of carboxylic acid groups (broad SMARTS) is 1. The highest BCUT2D eigenvalue weighted by Gasteiger charge is 2.14. The first-order chi connectivity index (χ1) is 7.20. The van der Waals surface area contributed by atoms with Crippen LogP contribution in [-0.2, 0) is 0 Å². The van der Waals surface area contributed by atoms with E-state index in [-0.39, 0.29) is 11.4 Å². The van der Waals surface area contributed by atoms with Gasteiger partial charge in [0.1, 0.15) is 11.4 Å². The summed E-state index contributed by atoms with van der Waals surface area (Å²) in [6.07, 6.45) is 2.78. The molecule has 0 saturated heterocycles.